The number of aliphatic hydroxyl groups excluding tert-OH is 3. The van der Waals surface area contributed by atoms with Crippen LogP contribution < -0.4 is 5.32 Å². The fraction of sp³-hybridized carbons (Fsp3) is 0.962. The summed E-state index contributed by atoms with van der Waals surface area (Å²) in [5, 5.41) is 35.8. The average Bonchev–Trinajstić information content (AvgIpc) is 3.16. The highest BCUT2D eigenvalue weighted by molar-refractivity contribution is 7.85. The van der Waals surface area contributed by atoms with Crippen LogP contribution in [0.5, 0.6) is 0 Å². The van der Waals surface area contributed by atoms with Crippen molar-refractivity contribution >= 4 is 26.4 Å². The van der Waals surface area contributed by atoms with Crippen LogP contribution in [-0.2, 0) is 25.3 Å². The highest BCUT2D eigenvalue weighted by Crippen LogP contribution is 2.68. The number of fused-ring (bicyclic) bond motifs is 5. The van der Waals surface area contributed by atoms with E-state index >= 15 is 0 Å². The van der Waals surface area contributed by atoms with Crippen LogP contribution in [0.4, 0.5) is 0 Å². The molecule has 0 saturated heterocycles. The van der Waals surface area contributed by atoms with Crippen LogP contribution in [0.2, 0.25) is 0 Å². The summed E-state index contributed by atoms with van der Waals surface area (Å²) in [5.74, 6) is 0.705. The van der Waals surface area contributed by atoms with Gasteiger partial charge in [-0.3, -0.25) is 18.5 Å². The van der Waals surface area contributed by atoms with Gasteiger partial charge in [-0.1, -0.05) is 20.8 Å². The minimum absolute atomic E-state index is 0.0509. The van der Waals surface area contributed by atoms with Crippen molar-refractivity contribution in [1.29, 1.82) is 0 Å². The van der Waals surface area contributed by atoms with Gasteiger partial charge in [0.05, 0.1) is 24.1 Å². The summed E-state index contributed by atoms with van der Waals surface area (Å²) in [4.78, 5) is 12.2. The molecule has 234 valence electrons. The maximum absolute atomic E-state index is 12.2. The molecule has 0 radical (unpaired) electrons. The second kappa shape index (κ2) is 12.4. The Bertz CT molecular complexity index is 1110. The quantitative estimate of drug-likeness (QED) is 0.205. The van der Waals surface area contributed by atoms with Crippen LogP contribution in [0.25, 0.3) is 0 Å². The van der Waals surface area contributed by atoms with Crippen molar-refractivity contribution in [3.8, 4) is 0 Å². The SMILES string of the molecule is C[C@H](CCC(=O)NCCS(=O)(=O)O)[C@H]1CC[C@H]2[C@@H]3[C@H](O)CC4C[C@H](O)CC[C@]4(C)[C@H]3C[C@H](O)[C@]12C.O=S(=O)(O)O. The number of hydrogen-bond donors (Lipinski definition) is 7. The van der Waals surface area contributed by atoms with Crippen LogP contribution in [0.1, 0.15) is 78.6 Å². The molecule has 14 heteroatoms. The monoisotopic (exact) mass is 613 g/mol. The molecule has 1 amide bonds. The first-order chi connectivity index (χ1) is 18.3. The molecule has 0 heterocycles. The highest BCUT2D eigenvalue weighted by Gasteiger charge is 2.65. The molecule has 1 unspecified atom stereocenters. The summed E-state index contributed by atoms with van der Waals surface area (Å²) in [5.41, 5.74) is -0.254. The normalized spacial score (nSPS) is 41.9. The smallest absolute Gasteiger partial charge is 0.393 e. The zero-order chi connectivity index (χ0) is 30.3. The van der Waals surface area contributed by atoms with E-state index in [4.69, 9.17) is 22.1 Å². The molecule has 0 spiro atoms. The van der Waals surface area contributed by atoms with E-state index < -0.39 is 38.5 Å². The third kappa shape index (κ3) is 7.55. The van der Waals surface area contributed by atoms with E-state index in [2.05, 4.69) is 26.1 Å². The predicted octanol–water partition coefficient (Wildman–Crippen LogP) is 1.72. The van der Waals surface area contributed by atoms with E-state index in [1.165, 1.54) is 0 Å². The van der Waals surface area contributed by atoms with Gasteiger partial charge in [0, 0.05) is 13.0 Å². The van der Waals surface area contributed by atoms with Crippen molar-refractivity contribution in [1.82, 2.24) is 5.32 Å². The number of hydrogen-bond acceptors (Lipinski definition) is 8. The molecule has 40 heavy (non-hydrogen) atoms. The van der Waals surface area contributed by atoms with Crippen molar-refractivity contribution in [2.75, 3.05) is 12.3 Å². The molecule has 0 aromatic carbocycles. The topological polar surface area (TPSA) is 219 Å². The molecule has 4 fully saturated rings. The Labute approximate surface area is 237 Å². The van der Waals surface area contributed by atoms with Crippen molar-refractivity contribution in [2.24, 2.45) is 46.3 Å². The molecule has 0 aromatic heterocycles. The lowest BCUT2D eigenvalue weighted by Gasteiger charge is -2.63. The van der Waals surface area contributed by atoms with Gasteiger partial charge >= 0.3 is 10.4 Å². The summed E-state index contributed by atoms with van der Waals surface area (Å²) in [6.45, 7) is 6.56. The second-order valence-electron chi connectivity index (χ2n) is 13.1. The van der Waals surface area contributed by atoms with Crippen LogP contribution in [0.15, 0.2) is 0 Å². The van der Waals surface area contributed by atoms with E-state index in [0.29, 0.717) is 18.8 Å². The van der Waals surface area contributed by atoms with Gasteiger partial charge in [0.1, 0.15) is 0 Å². The Hall–Kier alpha value is -0.870. The first-order valence-electron chi connectivity index (χ1n) is 14.2. The van der Waals surface area contributed by atoms with Crippen molar-refractivity contribution in [3.05, 3.63) is 0 Å². The number of carbonyl (C=O) groups excluding carboxylic acids is 1. The predicted molar refractivity (Wildman–Crippen MR) is 146 cm³/mol. The lowest BCUT2D eigenvalue weighted by atomic mass is 9.43. The Balaban J connectivity index is 0.000000810. The molecule has 12 nitrogen and oxygen atoms in total. The van der Waals surface area contributed by atoms with Crippen molar-refractivity contribution in [3.63, 3.8) is 0 Å². The fourth-order valence-corrected chi connectivity index (χ4v) is 9.46. The summed E-state index contributed by atoms with van der Waals surface area (Å²) in [6, 6.07) is 0. The minimum atomic E-state index is -4.67. The number of aliphatic hydroxyl groups is 3. The summed E-state index contributed by atoms with van der Waals surface area (Å²) >= 11 is 0. The maximum Gasteiger partial charge on any atom is 0.394 e. The zero-order valence-corrected chi connectivity index (χ0v) is 25.1. The van der Waals surface area contributed by atoms with Crippen LogP contribution in [-0.4, -0.2) is 82.3 Å². The Morgan fingerprint density at radius 1 is 0.950 bits per heavy atom. The molecule has 4 aliphatic rings. The molecule has 4 saturated carbocycles. The van der Waals surface area contributed by atoms with E-state index in [1.54, 1.807) is 0 Å². The van der Waals surface area contributed by atoms with Crippen LogP contribution >= 0.6 is 0 Å². The number of amides is 1. The Kier molecular flexibility index (Phi) is 10.4. The molecule has 4 aliphatic carbocycles. The molecule has 7 N–H and O–H groups in total. The standard InChI is InChI=1S/C26H45NO7S.H2O4S/c1-15(4-7-23(31)27-10-11-35(32,33)34)18-5-6-19-24-20(14-22(30)26(18,19)3)25(2)9-8-17(28)12-16(25)13-21(24)29;1-5(2,3)4/h15-22,24,28-30H,4-14H2,1-3H3,(H,27,31)(H,32,33,34);(H2,1,2,3,4)/t15-,16?,17-,18-,19+,20+,21-,22+,24+,25+,26-;/m1./s1. The third-order valence-electron chi connectivity index (χ3n) is 11.0. The summed E-state index contributed by atoms with van der Waals surface area (Å²) in [7, 11) is -8.76. The zero-order valence-electron chi connectivity index (χ0n) is 23.5. The van der Waals surface area contributed by atoms with Crippen molar-refractivity contribution < 1.29 is 50.6 Å². The molecular formula is C26H47NO11S2. The molecule has 4 rings (SSSR count). The van der Waals surface area contributed by atoms with Gasteiger partial charge in [-0.05, 0) is 97.7 Å². The number of rotatable bonds is 7. The van der Waals surface area contributed by atoms with Gasteiger partial charge in [0.2, 0.25) is 5.91 Å². The van der Waals surface area contributed by atoms with Gasteiger partial charge in [0.15, 0.2) is 0 Å². The van der Waals surface area contributed by atoms with Crippen LogP contribution in [0.3, 0.4) is 0 Å². The minimum Gasteiger partial charge on any atom is -0.393 e. The largest absolute Gasteiger partial charge is 0.394 e. The van der Waals surface area contributed by atoms with Gasteiger partial charge in [-0.25, -0.2) is 0 Å². The number of nitrogens with one attached hydrogen (secondary N) is 1. The number of carbonyl (C=O) groups is 1. The van der Waals surface area contributed by atoms with E-state index in [9.17, 15) is 28.5 Å². The lowest BCUT2D eigenvalue weighted by molar-refractivity contribution is -0.207. The third-order valence-corrected chi connectivity index (χ3v) is 11.7. The summed E-state index contributed by atoms with van der Waals surface area (Å²) < 4.78 is 62.1. The first kappa shape index (κ1) is 33.6. The van der Waals surface area contributed by atoms with E-state index in [1.807, 2.05) is 0 Å². The Morgan fingerprint density at radius 2 is 1.57 bits per heavy atom. The van der Waals surface area contributed by atoms with E-state index in [-0.39, 0.29) is 65.4 Å². The fourth-order valence-electron chi connectivity index (χ4n) is 9.10. The van der Waals surface area contributed by atoms with Crippen molar-refractivity contribution in [2.45, 2.75) is 96.9 Å². The first-order valence-corrected chi connectivity index (χ1v) is 17.2. The maximum atomic E-state index is 12.2. The van der Waals surface area contributed by atoms with Gasteiger partial charge in [-0.15, -0.1) is 0 Å². The van der Waals surface area contributed by atoms with Crippen LogP contribution in [0, 0.1) is 46.3 Å². The molecular weight excluding hydrogens is 566 g/mol. The van der Waals surface area contributed by atoms with Gasteiger partial charge in [0.25, 0.3) is 10.1 Å². The van der Waals surface area contributed by atoms with E-state index in [0.717, 1.165) is 38.5 Å². The Morgan fingerprint density at radius 3 is 2.17 bits per heavy atom. The molecule has 0 aromatic rings. The lowest BCUT2D eigenvalue weighted by Crippen LogP contribution is -2.62. The second-order valence-corrected chi connectivity index (χ2v) is 15.6. The average molecular weight is 614 g/mol. The van der Waals surface area contributed by atoms with Gasteiger partial charge in [-0.2, -0.15) is 16.8 Å². The molecule has 0 aliphatic heterocycles. The highest BCUT2D eigenvalue weighted by atomic mass is 32.3. The molecule has 0 bridgehead atoms. The summed E-state index contributed by atoms with van der Waals surface area (Å²) in [6.07, 6.45) is 5.67. The molecule has 11 atom stereocenters. The van der Waals surface area contributed by atoms with Gasteiger partial charge < -0.3 is 20.6 Å².